The topological polar surface area (TPSA) is 51.5 Å². The molecule has 94 valence electrons. The Bertz CT molecular complexity index is 545. The number of aliphatic hydroxyl groups excluding tert-OH is 1. The summed E-state index contributed by atoms with van der Waals surface area (Å²) < 4.78 is 7.17. The first-order chi connectivity index (χ1) is 8.70. The summed E-state index contributed by atoms with van der Waals surface area (Å²) in [5.41, 5.74) is 1.38. The number of aliphatic hydroxyl groups is 1. The number of aromatic nitrogens is 1. The van der Waals surface area contributed by atoms with Crippen molar-refractivity contribution in [2.24, 2.45) is 7.05 Å². The third-order valence-corrected chi connectivity index (χ3v) is 2.68. The van der Waals surface area contributed by atoms with Crippen LogP contribution in [0.1, 0.15) is 16.1 Å². The Morgan fingerprint density at radius 3 is 2.83 bits per heavy atom. The molecule has 1 aromatic carbocycles. The standard InChI is InChI=1S/C14H15NO3/c1-15-7-3-6-13(15)14(17)10-18-12-5-2-4-11(8-12)9-16/h2-8,16H,9-10H2,1H3. The lowest BCUT2D eigenvalue weighted by Gasteiger charge is -2.07. The molecule has 1 N–H and O–H groups in total. The first kappa shape index (κ1) is 12.4. The Morgan fingerprint density at radius 1 is 1.33 bits per heavy atom. The molecule has 0 atom stereocenters. The highest BCUT2D eigenvalue weighted by Gasteiger charge is 2.09. The number of aryl methyl sites for hydroxylation is 1. The van der Waals surface area contributed by atoms with Gasteiger partial charge in [0.25, 0.3) is 0 Å². The van der Waals surface area contributed by atoms with Gasteiger partial charge in [0, 0.05) is 13.2 Å². The molecule has 0 saturated heterocycles. The Labute approximate surface area is 105 Å². The van der Waals surface area contributed by atoms with Gasteiger partial charge in [-0.2, -0.15) is 0 Å². The molecule has 2 rings (SSSR count). The van der Waals surface area contributed by atoms with Crippen LogP contribution in [0.25, 0.3) is 0 Å². The highest BCUT2D eigenvalue weighted by atomic mass is 16.5. The molecule has 0 bridgehead atoms. The molecule has 0 amide bonds. The van der Waals surface area contributed by atoms with Crippen molar-refractivity contribution < 1.29 is 14.6 Å². The SMILES string of the molecule is Cn1cccc1C(=O)COc1cccc(CO)c1. The second kappa shape index (κ2) is 5.51. The van der Waals surface area contributed by atoms with E-state index in [1.165, 1.54) is 0 Å². The zero-order chi connectivity index (χ0) is 13.0. The van der Waals surface area contributed by atoms with Gasteiger partial charge in [0.15, 0.2) is 6.61 Å². The van der Waals surface area contributed by atoms with E-state index in [1.807, 2.05) is 19.3 Å². The monoisotopic (exact) mass is 245 g/mol. The molecule has 18 heavy (non-hydrogen) atoms. The van der Waals surface area contributed by atoms with Gasteiger partial charge in [-0.05, 0) is 29.8 Å². The van der Waals surface area contributed by atoms with Crippen LogP contribution >= 0.6 is 0 Å². The predicted molar refractivity (Wildman–Crippen MR) is 67.6 cm³/mol. The zero-order valence-corrected chi connectivity index (χ0v) is 10.2. The molecular formula is C14H15NO3. The summed E-state index contributed by atoms with van der Waals surface area (Å²) in [6.07, 6.45) is 1.82. The summed E-state index contributed by atoms with van der Waals surface area (Å²) in [5.74, 6) is 0.515. The van der Waals surface area contributed by atoms with E-state index >= 15 is 0 Å². The number of ether oxygens (including phenoxy) is 1. The van der Waals surface area contributed by atoms with Crippen LogP contribution in [0.2, 0.25) is 0 Å². The molecule has 0 aliphatic carbocycles. The molecule has 0 fully saturated rings. The van der Waals surface area contributed by atoms with Crippen LogP contribution in [0.3, 0.4) is 0 Å². The lowest BCUT2D eigenvalue weighted by Crippen LogP contribution is -2.14. The fraction of sp³-hybridized carbons (Fsp3) is 0.214. The van der Waals surface area contributed by atoms with Crippen molar-refractivity contribution in [1.82, 2.24) is 4.57 Å². The second-order valence-corrected chi connectivity index (χ2v) is 4.02. The first-order valence-corrected chi connectivity index (χ1v) is 5.68. The highest BCUT2D eigenvalue weighted by Crippen LogP contribution is 2.13. The summed E-state index contributed by atoms with van der Waals surface area (Å²) >= 11 is 0. The van der Waals surface area contributed by atoms with Crippen LogP contribution in [-0.4, -0.2) is 22.1 Å². The van der Waals surface area contributed by atoms with Crippen LogP contribution in [0.5, 0.6) is 5.75 Å². The molecule has 4 nitrogen and oxygen atoms in total. The van der Waals surface area contributed by atoms with E-state index < -0.39 is 0 Å². The quantitative estimate of drug-likeness (QED) is 0.817. The third kappa shape index (κ3) is 2.78. The van der Waals surface area contributed by atoms with Crippen LogP contribution in [0.15, 0.2) is 42.6 Å². The van der Waals surface area contributed by atoms with E-state index in [1.54, 1.807) is 34.9 Å². The van der Waals surface area contributed by atoms with E-state index in [0.717, 1.165) is 5.56 Å². The first-order valence-electron chi connectivity index (χ1n) is 5.68. The van der Waals surface area contributed by atoms with Gasteiger partial charge in [0.2, 0.25) is 5.78 Å². The van der Waals surface area contributed by atoms with E-state index in [0.29, 0.717) is 11.4 Å². The molecule has 0 aliphatic rings. The third-order valence-electron chi connectivity index (χ3n) is 2.68. The minimum Gasteiger partial charge on any atom is -0.485 e. The van der Waals surface area contributed by atoms with Crippen molar-refractivity contribution in [3.8, 4) is 5.75 Å². The number of carbonyl (C=O) groups excluding carboxylic acids is 1. The number of hydrogen-bond donors (Lipinski definition) is 1. The second-order valence-electron chi connectivity index (χ2n) is 4.02. The Morgan fingerprint density at radius 2 is 2.17 bits per heavy atom. The van der Waals surface area contributed by atoms with Gasteiger partial charge in [-0.15, -0.1) is 0 Å². The maximum atomic E-state index is 11.9. The van der Waals surface area contributed by atoms with E-state index in [9.17, 15) is 4.79 Å². The highest BCUT2D eigenvalue weighted by molar-refractivity contribution is 5.95. The van der Waals surface area contributed by atoms with Gasteiger partial charge >= 0.3 is 0 Å². The van der Waals surface area contributed by atoms with E-state index in [-0.39, 0.29) is 19.0 Å². The minimum absolute atomic E-state index is 0.00721. The van der Waals surface area contributed by atoms with Crippen LogP contribution < -0.4 is 4.74 Å². The number of Topliss-reactive ketones (excluding diaryl/α,β-unsaturated/α-hetero) is 1. The fourth-order valence-electron chi connectivity index (χ4n) is 1.71. The summed E-state index contributed by atoms with van der Waals surface area (Å²) in [5, 5.41) is 9.00. The molecular weight excluding hydrogens is 230 g/mol. The molecule has 0 saturated carbocycles. The van der Waals surface area contributed by atoms with Gasteiger partial charge in [0.05, 0.1) is 12.3 Å². The maximum Gasteiger partial charge on any atom is 0.216 e. The predicted octanol–water partition coefficient (Wildman–Crippen LogP) is 1.78. The Kier molecular flexibility index (Phi) is 3.79. The molecule has 0 unspecified atom stereocenters. The summed E-state index contributed by atoms with van der Waals surface area (Å²) in [6, 6.07) is 10.6. The minimum atomic E-state index is -0.0723. The number of rotatable bonds is 5. The summed E-state index contributed by atoms with van der Waals surface area (Å²) in [7, 11) is 1.82. The molecule has 1 heterocycles. The molecule has 0 radical (unpaired) electrons. The van der Waals surface area contributed by atoms with Gasteiger partial charge in [-0.25, -0.2) is 0 Å². The Balaban J connectivity index is 1.99. The number of carbonyl (C=O) groups is 1. The van der Waals surface area contributed by atoms with Crippen LogP contribution in [0, 0.1) is 0 Å². The number of hydrogen-bond acceptors (Lipinski definition) is 3. The van der Waals surface area contributed by atoms with Crippen molar-refractivity contribution in [3.63, 3.8) is 0 Å². The average molecular weight is 245 g/mol. The van der Waals surface area contributed by atoms with E-state index in [2.05, 4.69) is 0 Å². The largest absolute Gasteiger partial charge is 0.485 e. The van der Waals surface area contributed by atoms with Crippen molar-refractivity contribution in [2.75, 3.05) is 6.61 Å². The zero-order valence-electron chi connectivity index (χ0n) is 10.2. The molecule has 2 aromatic rings. The average Bonchev–Trinajstić information content (AvgIpc) is 2.82. The van der Waals surface area contributed by atoms with E-state index in [4.69, 9.17) is 9.84 Å². The molecule has 4 heteroatoms. The van der Waals surface area contributed by atoms with Crippen LogP contribution in [-0.2, 0) is 13.7 Å². The van der Waals surface area contributed by atoms with Gasteiger partial charge < -0.3 is 14.4 Å². The molecule has 0 spiro atoms. The Hall–Kier alpha value is -2.07. The van der Waals surface area contributed by atoms with Crippen molar-refractivity contribution in [3.05, 3.63) is 53.9 Å². The summed E-state index contributed by atoms with van der Waals surface area (Å²) in [6.45, 7) is -0.0459. The van der Waals surface area contributed by atoms with Gasteiger partial charge in [-0.3, -0.25) is 4.79 Å². The molecule has 0 aliphatic heterocycles. The number of ketones is 1. The smallest absolute Gasteiger partial charge is 0.216 e. The van der Waals surface area contributed by atoms with Crippen molar-refractivity contribution in [1.29, 1.82) is 0 Å². The number of nitrogens with zero attached hydrogens (tertiary/aromatic N) is 1. The van der Waals surface area contributed by atoms with Crippen LogP contribution in [0.4, 0.5) is 0 Å². The van der Waals surface area contributed by atoms with Gasteiger partial charge in [0.1, 0.15) is 5.75 Å². The summed E-state index contributed by atoms with van der Waals surface area (Å²) in [4.78, 5) is 11.9. The molecule has 1 aromatic heterocycles. The lowest BCUT2D eigenvalue weighted by molar-refractivity contribution is 0.0913. The van der Waals surface area contributed by atoms with Gasteiger partial charge in [-0.1, -0.05) is 12.1 Å². The number of benzene rings is 1. The lowest BCUT2D eigenvalue weighted by atomic mass is 10.2. The van der Waals surface area contributed by atoms with Crippen molar-refractivity contribution in [2.45, 2.75) is 6.61 Å². The fourth-order valence-corrected chi connectivity index (χ4v) is 1.71. The van der Waals surface area contributed by atoms with Crippen molar-refractivity contribution >= 4 is 5.78 Å². The normalized spacial score (nSPS) is 10.3. The maximum absolute atomic E-state index is 11.9.